The molecular formula is C9H17NO2. The molecule has 0 rings (SSSR count). The predicted octanol–water partition coefficient (Wildman–Crippen LogP) is 1.58. The van der Waals surface area contributed by atoms with Gasteiger partial charge in [-0.15, -0.1) is 0 Å². The maximum absolute atomic E-state index is 11.0. The highest BCUT2D eigenvalue weighted by Gasteiger charge is 2.22. The Morgan fingerprint density at radius 3 is 2.50 bits per heavy atom. The molecule has 3 heteroatoms. The molecule has 0 amide bonds. The van der Waals surface area contributed by atoms with Gasteiger partial charge in [-0.05, 0) is 13.8 Å². The third-order valence-corrected chi connectivity index (χ3v) is 1.42. The minimum absolute atomic E-state index is 0.378. The predicted molar refractivity (Wildman–Crippen MR) is 48.4 cm³/mol. The van der Waals surface area contributed by atoms with Crippen LogP contribution in [0, 0.1) is 0 Å². The van der Waals surface area contributed by atoms with Crippen molar-refractivity contribution in [3.8, 4) is 0 Å². The fraction of sp³-hybridized carbons (Fsp3) is 0.667. The molecular weight excluding hydrogens is 154 g/mol. The lowest BCUT2D eigenvalue weighted by Crippen LogP contribution is -2.41. The Kier molecular flexibility index (Phi) is 3.96. The Hall–Kier alpha value is -0.830. The van der Waals surface area contributed by atoms with Gasteiger partial charge in [-0.3, -0.25) is 5.73 Å². The first-order valence-electron chi connectivity index (χ1n) is 4.07. The summed E-state index contributed by atoms with van der Waals surface area (Å²) in [5.41, 5.74) is 5.20. The topological polar surface area (TPSA) is 52.3 Å². The summed E-state index contributed by atoms with van der Waals surface area (Å²) in [6.07, 6.45) is 1.54. The van der Waals surface area contributed by atoms with Crippen molar-refractivity contribution in [2.45, 2.75) is 39.3 Å². The van der Waals surface area contributed by atoms with Crippen molar-refractivity contribution in [1.29, 1.82) is 0 Å². The molecule has 12 heavy (non-hydrogen) atoms. The number of carbonyl (C=O) groups excluding carboxylic acids is 1. The molecule has 70 valence electrons. The molecule has 0 saturated heterocycles. The van der Waals surface area contributed by atoms with Crippen LogP contribution < -0.4 is 5.73 Å². The molecule has 0 heterocycles. The summed E-state index contributed by atoms with van der Waals surface area (Å²) in [6.45, 7) is 8.75. The van der Waals surface area contributed by atoms with Crippen LogP contribution in [-0.4, -0.2) is 11.7 Å². The zero-order valence-electron chi connectivity index (χ0n) is 8.02. The van der Waals surface area contributed by atoms with Gasteiger partial charge in [-0.2, -0.15) is 0 Å². The fourth-order valence-electron chi connectivity index (χ4n) is 0.846. The Bertz CT molecular complexity index is 185. The van der Waals surface area contributed by atoms with Crippen LogP contribution in [0.5, 0.6) is 0 Å². The van der Waals surface area contributed by atoms with Crippen LogP contribution in [0.25, 0.3) is 0 Å². The highest BCUT2D eigenvalue weighted by Crippen LogP contribution is 2.12. The Morgan fingerprint density at radius 2 is 2.17 bits per heavy atom. The molecule has 0 fully saturated rings. The minimum atomic E-state index is -0.856. The normalized spacial score (nSPS) is 15.0. The number of esters is 1. The molecule has 0 radical (unpaired) electrons. The lowest BCUT2D eigenvalue weighted by atomic mass is 10.1. The standard InChI is InChI=1S/C9H17NO2/c1-5-6-9(4,10)12-8(11)7(2)3/h2,5-6,10H2,1,3-4H3. The van der Waals surface area contributed by atoms with E-state index >= 15 is 0 Å². The third-order valence-electron chi connectivity index (χ3n) is 1.42. The van der Waals surface area contributed by atoms with Gasteiger partial charge in [-0.1, -0.05) is 19.9 Å². The van der Waals surface area contributed by atoms with Crippen molar-refractivity contribution in [3.05, 3.63) is 12.2 Å². The van der Waals surface area contributed by atoms with Crippen molar-refractivity contribution < 1.29 is 9.53 Å². The molecule has 0 aromatic rings. The smallest absolute Gasteiger partial charge is 0.334 e. The zero-order valence-corrected chi connectivity index (χ0v) is 8.02. The van der Waals surface area contributed by atoms with Crippen molar-refractivity contribution in [3.63, 3.8) is 0 Å². The number of hydrogen-bond acceptors (Lipinski definition) is 3. The van der Waals surface area contributed by atoms with Crippen LogP contribution >= 0.6 is 0 Å². The van der Waals surface area contributed by atoms with Gasteiger partial charge in [0, 0.05) is 12.0 Å². The molecule has 0 aromatic heterocycles. The zero-order chi connectivity index (χ0) is 9.78. The van der Waals surface area contributed by atoms with E-state index in [1.807, 2.05) is 6.92 Å². The van der Waals surface area contributed by atoms with Gasteiger partial charge in [0.2, 0.25) is 0 Å². The average Bonchev–Trinajstić information content (AvgIpc) is 1.85. The molecule has 0 aliphatic rings. The van der Waals surface area contributed by atoms with E-state index in [2.05, 4.69) is 6.58 Å². The minimum Gasteiger partial charge on any atom is -0.441 e. The number of hydrogen-bond donors (Lipinski definition) is 1. The lowest BCUT2D eigenvalue weighted by molar-refractivity contribution is -0.153. The molecule has 3 nitrogen and oxygen atoms in total. The second-order valence-electron chi connectivity index (χ2n) is 3.23. The molecule has 1 atom stereocenters. The summed E-state index contributed by atoms with van der Waals surface area (Å²) in [6, 6.07) is 0. The van der Waals surface area contributed by atoms with E-state index in [1.54, 1.807) is 13.8 Å². The second kappa shape index (κ2) is 4.26. The molecule has 0 aliphatic carbocycles. The van der Waals surface area contributed by atoms with E-state index in [1.165, 1.54) is 0 Å². The first-order valence-corrected chi connectivity index (χ1v) is 4.07. The van der Waals surface area contributed by atoms with Gasteiger partial charge in [0.05, 0.1) is 0 Å². The highest BCUT2D eigenvalue weighted by molar-refractivity contribution is 5.87. The first kappa shape index (κ1) is 11.2. The largest absolute Gasteiger partial charge is 0.441 e. The molecule has 0 saturated carbocycles. The van der Waals surface area contributed by atoms with E-state index in [4.69, 9.17) is 10.5 Å². The van der Waals surface area contributed by atoms with E-state index in [9.17, 15) is 4.79 Å². The van der Waals surface area contributed by atoms with Crippen molar-refractivity contribution in [1.82, 2.24) is 0 Å². The second-order valence-corrected chi connectivity index (χ2v) is 3.23. The first-order chi connectivity index (χ1) is 5.39. The lowest BCUT2D eigenvalue weighted by Gasteiger charge is -2.24. The van der Waals surface area contributed by atoms with Gasteiger partial charge in [0.25, 0.3) is 0 Å². The average molecular weight is 171 g/mol. The van der Waals surface area contributed by atoms with Crippen LogP contribution in [0.2, 0.25) is 0 Å². The molecule has 0 aliphatic heterocycles. The van der Waals surface area contributed by atoms with Crippen molar-refractivity contribution in [2.75, 3.05) is 0 Å². The Morgan fingerprint density at radius 1 is 1.67 bits per heavy atom. The summed E-state index contributed by atoms with van der Waals surface area (Å²) in [5, 5.41) is 0. The highest BCUT2D eigenvalue weighted by atomic mass is 16.6. The van der Waals surface area contributed by atoms with Crippen molar-refractivity contribution in [2.24, 2.45) is 5.73 Å². The Labute approximate surface area is 73.6 Å². The number of nitrogens with two attached hydrogens (primary N) is 1. The Balaban J connectivity index is 4.05. The maximum atomic E-state index is 11.0. The summed E-state index contributed by atoms with van der Waals surface area (Å²) >= 11 is 0. The van der Waals surface area contributed by atoms with Gasteiger partial charge in [-0.25, -0.2) is 4.79 Å². The van der Waals surface area contributed by atoms with E-state index < -0.39 is 11.7 Å². The number of carbonyl (C=O) groups is 1. The van der Waals surface area contributed by atoms with Crippen molar-refractivity contribution >= 4 is 5.97 Å². The van der Waals surface area contributed by atoms with Crippen LogP contribution in [-0.2, 0) is 9.53 Å². The van der Waals surface area contributed by atoms with E-state index in [-0.39, 0.29) is 0 Å². The third kappa shape index (κ3) is 4.13. The van der Waals surface area contributed by atoms with Gasteiger partial charge in [0.1, 0.15) is 0 Å². The number of rotatable bonds is 4. The molecule has 0 spiro atoms. The molecule has 2 N–H and O–H groups in total. The summed E-state index contributed by atoms with van der Waals surface area (Å²) in [7, 11) is 0. The number of ether oxygens (including phenoxy) is 1. The van der Waals surface area contributed by atoms with Crippen LogP contribution in [0.3, 0.4) is 0 Å². The summed E-state index contributed by atoms with van der Waals surface area (Å²) in [4.78, 5) is 11.0. The van der Waals surface area contributed by atoms with Gasteiger partial charge >= 0.3 is 5.97 Å². The van der Waals surface area contributed by atoms with Gasteiger partial charge in [0.15, 0.2) is 5.72 Å². The van der Waals surface area contributed by atoms with Crippen LogP contribution in [0.1, 0.15) is 33.6 Å². The monoisotopic (exact) mass is 171 g/mol. The van der Waals surface area contributed by atoms with Crippen LogP contribution in [0.4, 0.5) is 0 Å². The van der Waals surface area contributed by atoms with Crippen LogP contribution in [0.15, 0.2) is 12.2 Å². The fourth-order valence-corrected chi connectivity index (χ4v) is 0.846. The molecule has 0 aromatic carbocycles. The van der Waals surface area contributed by atoms with E-state index in [0.29, 0.717) is 12.0 Å². The van der Waals surface area contributed by atoms with E-state index in [0.717, 1.165) is 6.42 Å². The molecule has 0 bridgehead atoms. The summed E-state index contributed by atoms with van der Waals surface area (Å²) < 4.78 is 4.98. The quantitative estimate of drug-likeness (QED) is 0.397. The summed E-state index contributed by atoms with van der Waals surface area (Å²) in [5.74, 6) is -0.423. The van der Waals surface area contributed by atoms with Gasteiger partial charge < -0.3 is 4.74 Å². The SMILES string of the molecule is C=C(C)C(=O)OC(C)(N)CCC. The molecule has 1 unspecified atom stereocenters. The maximum Gasteiger partial charge on any atom is 0.334 e.